The molecule has 1 aromatic heterocycles. The van der Waals surface area contributed by atoms with E-state index in [-0.39, 0.29) is 47.9 Å². The van der Waals surface area contributed by atoms with Crippen molar-refractivity contribution >= 4 is 17.7 Å². The normalized spacial score (nSPS) is 32.8. The largest absolute Gasteiger partial charge is 0.342 e. The Bertz CT molecular complexity index is 839. The van der Waals surface area contributed by atoms with Crippen LogP contribution in [-0.4, -0.2) is 39.3 Å². The molecule has 1 saturated heterocycles. The van der Waals surface area contributed by atoms with Gasteiger partial charge in [0.2, 0.25) is 23.6 Å². The van der Waals surface area contributed by atoms with Crippen LogP contribution < -0.4 is 5.32 Å². The van der Waals surface area contributed by atoms with Crippen LogP contribution in [-0.2, 0) is 19.9 Å². The lowest BCUT2D eigenvalue weighted by Crippen LogP contribution is -2.52. The summed E-state index contributed by atoms with van der Waals surface area (Å²) in [6.07, 6.45) is 9.43. The van der Waals surface area contributed by atoms with Gasteiger partial charge in [-0.05, 0) is 31.1 Å². The first-order valence-corrected chi connectivity index (χ1v) is 10.1. The number of carbonyl (C=O) groups is 3. The first-order chi connectivity index (χ1) is 13.5. The lowest BCUT2D eigenvalue weighted by Gasteiger charge is -2.35. The Morgan fingerprint density at radius 1 is 1.18 bits per heavy atom. The van der Waals surface area contributed by atoms with Gasteiger partial charge in [-0.25, -0.2) is 0 Å². The van der Waals surface area contributed by atoms with Crippen molar-refractivity contribution in [3.8, 4) is 0 Å². The average Bonchev–Trinajstić information content (AvgIpc) is 3.44. The number of aryl methyl sites for hydroxylation is 1. The summed E-state index contributed by atoms with van der Waals surface area (Å²) in [5, 5.41) is 7.09. The summed E-state index contributed by atoms with van der Waals surface area (Å²) in [6, 6.07) is 0. The Hall–Kier alpha value is -2.51. The summed E-state index contributed by atoms with van der Waals surface area (Å²) in [5.41, 5.74) is -0.685. The van der Waals surface area contributed by atoms with Crippen LogP contribution in [0.2, 0.25) is 0 Å². The molecule has 2 saturated carbocycles. The Balaban J connectivity index is 1.33. The summed E-state index contributed by atoms with van der Waals surface area (Å²) in [5.74, 6) is -0.0710. The van der Waals surface area contributed by atoms with Crippen molar-refractivity contribution < 1.29 is 18.9 Å². The van der Waals surface area contributed by atoms with Gasteiger partial charge in [0.25, 0.3) is 0 Å². The number of aromatic nitrogens is 2. The number of likely N-dealkylation sites (tertiary alicyclic amines) is 1. The number of allylic oxidation sites excluding steroid dienone is 2. The van der Waals surface area contributed by atoms with Crippen LogP contribution >= 0.6 is 0 Å². The predicted molar refractivity (Wildman–Crippen MR) is 96.4 cm³/mol. The zero-order valence-corrected chi connectivity index (χ0v) is 15.9. The molecule has 0 radical (unpaired) electrons. The first-order valence-electron chi connectivity index (χ1n) is 10.1. The Morgan fingerprint density at radius 3 is 2.39 bits per heavy atom. The minimum atomic E-state index is -0.685. The zero-order valence-electron chi connectivity index (χ0n) is 15.9. The highest BCUT2D eigenvalue weighted by Crippen LogP contribution is 2.52. The summed E-state index contributed by atoms with van der Waals surface area (Å²) >= 11 is 0. The van der Waals surface area contributed by atoms with E-state index < -0.39 is 5.54 Å². The van der Waals surface area contributed by atoms with Gasteiger partial charge in [-0.1, -0.05) is 36.6 Å². The molecule has 1 aliphatic heterocycles. The molecule has 8 heteroatoms. The van der Waals surface area contributed by atoms with Gasteiger partial charge in [0.1, 0.15) is 12.1 Å². The maximum Gasteiger partial charge on any atom is 0.240 e. The predicted octanol–water partition coefficient (Wildman–Crippen LogP) is 1.46. The minimum absolute atomic E-state index is 0.145. The first kappa shape index (κ1) is 17.6. The Labute approximate surface area is 162 Å². The average molecular weight is 384 g/mol. The number of nitrogens with zero attached hydrogens (tertiary/aromatic N) is 3. The molecule has 2 heterocycles. The van der Waals surface area contributed by atoms with E-state index >= 15 is 0 Å². The van der Waals surface area contributed by atoms with Crippen LogP contribution in [0.1, 0.15) is 50.2 Å². The lowest BCUT2D eigenvalue weighted by atomic mass is 9.81. The third-order valence-corrected chi connectivity index (χ3v) is 6.90. The topological polar surface area (TPSA) is 105 Å². The molecule has 4 atom stereocenters. The van der Waals surface area contributed by atoms with E-state index in [2.05, 4.69) is 27.6 Å². The van der Waals surface area contributed by atoms with Crippen LogP contribution in [0.15, 0.2) is 16.7 Å². The second-order valence-corrected chi connectivity index (χ2v) is 8.59. The molecular weight excluding hydrogens is 360 g/mol. The highest BCUT2D eigenvalue weighted by atomic mass is 16.5. The van der Waals surface area contributed by atoms with Gasteiger partial charge in [0, 0.05) is 6.92 Å². The third-order valence-electron chi connectivity index (χ3n) is 6.90. The fourth-order valence-electron chi connectivity index (χ4n) is 5.62. The molecule has 0 unspecified atom stereocenters. The number of amides is 3. The minimum Gasteiger partial charge on any atom is -0.342 e. The molecule has 1 N–H and O–H groups in total. The van der Waals surface area contributed by atoms with Gasteiger partial charge in [-0.3, -0.25) is 19.3 Å². The van der Waals surface area contributed by atoms with Gasteiger partial charge in [-0.15, -0.1) is 0 Å². The second kappa shape index (κ2) is 6.25. The number of nitrogens with one attached hydrogen (secondary N) is 1. The van der Waals surface area contributed by atoms with Crippen molar-refractivity contribution in [2.24, 2.45) is 23.7 Å². The van der Waals surface area contributed by atoms with Crippen molar-refractivity contribution in [3.63, 3.8) is 0 Å². The fraction of sp³-hybridized carbons (Fsp3) is 0.650. The number of hydrogen-bond donors (Lipinski definition) is 1. The van der Waals surface area contributed by atoms with Gasteiger partial charge in [0.05, 0.1) is 11.8 Å². The molecule has 0 aromatic carbocycles. The van der Waals surface area contributed by atoms with Crippen LogP contribution in [0.3, 0.4) is 0 Å². The SMILES string of the molecule is Cc1nc(C2(NC(=O)CN3C(=O)[C@H]4[C@H](C3=O)[C@H]3C=C[C@H]4C3)CCCCC2)no1. The Morgan fingerprint density at radius 2 is 1.82 bits per heavy atom. The number of carbonyl (C=O) groups excluding carboxylic acids is 3. The molecule has 1 aromatic rings. The number of fused-ring (bicyclic) bond motifs is 5. The number of imide groups is 1. The molecule has 28 heavy (non-hydrogen) atoms. The molecule has 148 valence electrons. The van der Waals surface area contributed by atoms with Crippen LogP contribution in [0.25, 0.3) is 0 Å². The van der Waals surface area contributed by atoms with Crippen LogP contribution in [0, 0.1) is 30.6 Å². The maximum atomic E-state index is 12.9. The number of hydrogen-bond acceptors (Lipinski definition) is 6. The maximum absolute atomic E-state index is 12.9. The standard InChI is InChI=1S/C20H24N4O4/c1-11-21-19(23-28-11)20(7-3-2-4-8-20)22-14(25)10-24-17(26)15-12-5-6-13(9-12)16(15)18(24)27/h5-6,12-13,15-16H,2-4,7-10H2,1H3,(H,22,25)/t12-,13-,15+,16+/m0/s1. The Kier molecular flexibility index (Phi) is 3.93. The number of rotatable bonds is 4. The van der Waals surface area contributed by atoms with Crippen molar-refractivity contribution in [2.45, 2.75) is 51.0 Å². The zero-order chi connectivity index (χ0) is 19.5. The van der Waals surface area contributed by atoms with Crippen molar-refractivity contribution in [1.82, 2.24) is 20.4 Å². The van der Waals surface area contributed by atoms with E-state index in [1.165, 1.54) is 0 Å². The monoisotopic (exact) mass is 384 g/mol. The molecular formula is C20H24N4O4. The summed E-state index contributed by atoms with van der Waals surface area (Å²) in [4.78, 5) is 44.0. The summed E-state index contributed by atoms with van der Waals surface area (Å²) < 4.78 is 5.13. The molecule has 3 fully saturated rings. The van der Waals surface area contributed by atoms with Crippen molar-refractivity contribution in [2.75, 3.05) is 6.54 Å². The molecule has 5 rings (SSSR count). The van der Waals surface area contributed by atoms with E-state index in [1.54, 1.807) is 6.92 Å². The van der Waals surface area contributed by atoms with Crippen molar-refractivity contribution in [1.29, 1.82) is 0 Å². The van der Waals surface area contributed by atoms with Crippen LogP contribution in [0.4, 0.5) is 0 Å². The van der Waals surface area contributed by atoms with E-state index in [4.69, 9.17) is 4.52 Å². The van der Waals surface area contributed by atoms with Gasteiger partial charge < -0.3 is 9.84 Å². The molecule has 3 aliphatic carbocycles. The molecule has 3 amide bonds. The summed E-state index contributed by atoms with van der Waals surface area (Å²) in [7, 11) is 0. The van der Waals surface area contributed by atoms with Gasteiger partial charge >= 0.3 is 0 Å². The van der Waals surface area contributed by atoms with Crippen molar-refractivity contribution in [3.05, 3.63) is 23.9 Å². The quantitative estimate of drug-likeness (QED) is 0.622. The molecule has 0 spiro atoms. The smallest absolute Gasteiger partial charge is 0.240 e. The van der Waals surface area contributed by atoms with Gasteiger partial charge in [-0.2, -0.15) is 4.98 Å². The lowest BCUT2D eigenvalue weighted by molar-refractivity contribution is -0.145. The fourth-order valence-corrected chi connectivity index (χ4v) is 5.62. The highest BCUT2D eigenvalue weighted by molar-refractivity contribution is 6.08. The van der Waals surface area contributed by atoms with Crippen LogP contribution in [0.5, 0.6) is 0 Å². The molecule has 2 bridgehead atoms. The van der Waals surface area contributed by atoms with E-state index in [9.17, 15) is 14.4 Å². The van der Waals surface area contributed by atoms with E-state index in [0.717, 1.165) is 43.4 Å². The third kappa shape index (κ3) is 2.53. The van der Waals surface area contributed by atoms with E-state index in [1.807, 2.05) is 0 Å². The van der Waals surface area contributed by atoms with Gasteiger partial charge in [0.15, 0.2) is 5.82 Å². The summed E-state index contributed by atoms with van der Waals surface area (Å²) in [6.45, 7) is 1.49. The molecule has 8 nitrogen and oxygen atoms in total. The molecule has 4 aliphatic rings. The van der Waals surface area contributed by atoms with E-state index in [0.29, 0.717) is 11.7 Å². The second-order valence-electron chi connectivity index (χ2n) is 8.59. The highest BCUT2D eigenvalue weighted by Gasteiger charge is 2.59.